The van der Waals surface area contributed by atoms with Crippen molar-refractivity contribution in [3.8, 4) is 0 Å². The molecule has 1 aromatic heterocycles. The van der Waals surface area contributed by atoms with Gasteiger partial charge in [-0.2, -0.15) is 0 Å². The van der Waals surface area contributed by atoms with Crippen molar-refractivity contribution in [1.29, 1.82) is 0 Å². The standard InChI is InChI=1S/C15H20IN3/c1-4-9-19-10-8-18-15(19)14(17-3)12-7-5-6-11(2)13(12)16/h5-8,10,14,17H,4,9H2,1-3H3. The van der Waals surface area contributed by atoms with Gasteiger partial charge in [0.2, 0.25) is 0 Å². The normalized spacial score (nSPS) is 12.6. The number of hydrogen-bond acceptors (Lipinski definition) is 2. The van der Waals surface area contributed by atoms with Crippen LogP contribution < -0.4 is 5.32 Å². The molecule has 1 unspecified atom stereocenters. The third-order valence-electron chi connectivity index (χ3n) is 3.29. The molecule has 0 fully saturated rings. The van der Waals surface area contributed by atoms with Crippen molar-refractivity contribution >= 4 is 22.6 Å². The number of imidazole rings is 1. The van der Waals surface area contributed by atoms with Crippen molar-refractivity contribution in [2.45, 2.75) is 32.9 Å². The molecule has 0 amide bonds. The topological polar surface area (TPSA) is 29.9 Å². The molecule has 0 saturated heterocycles. The van der Waals surface area contributed by atoms with Crippen molar-refractivity contribution in [2.24, 2.45) is 0 Å². The van der Waals surface area contributed by atoms with Crippen LogP contribution in [0.5, 0.6) is 0 Å². The summed E-state index contributed by atoms with van der Waals surface area (Å²) in [6.07, 6.45) is 5.06. The van der Waals surface area contributed by atoms with E-state index in [-0.39, 0.29) is 6.04 Å². The Hall–Kier alpha value is -0.880. The summed E-state index contributed by atoms with van der Waals surface area (Å²) < 4.78 is 3.55. The molecule has 102 valence electrons. The summed E-state index contributed by atoms with van der Waals surface area (Å²) >= 11 is 2.42. The predicted octanol–water partition coefficient (Wildman–Crippen LogP) is 3.51. The Bertz CT molecular complexity index is 548. The van der Waals surface area contributed by atoms with Gasteiger partial charge in [0.15, 0.2) is 0 Å². The Morgan fingerprint density at radius 1 is 1.42 bits per heavy atom. The van der Waals surface area contributed by atoms with E-state index in [0.717, 1.165) is 18.8 Å². The molecule has 4 heteroatoms. The summed E-state index contributed by atoms with van der Waals surface area (Å²) in [7, 11) is 1.99. The maximum Gasteiger partial charge on any atom is 0.130 e. The number of aromatic nitrogens is 2. The van der Waals surface area contributed by atoms with E-state index >= 15 is 0 Å². The predicted molar refractivity (Wildman–Crippen MR) is 87.3 cm³/mol. The third kappa shape index (κ3) is 3.00. The fourth-order valence-electron chi connectivity index (χ4n) is 2.33. The van der Waals surface area contributed by atoms with Gasteiger partial charge in [0.25, 0.3) is 0 Å². The maximum atomic E-state index is 4.55. The van der Waals surface area contributed by atoms with Crippen LogP contribution in [-0.4, -0.2) is 16.6 Å². The van der Waals surface area contributed by atoms with E-state index < -0.39 is 0 Å². The molecule has 1 atom stereocenters. The fourth-order valence-corrected chi connectivity index (χ4v) is 3.00. The molecule has 0 aliphatic rings. The van der Waals surface area contributed by atoms with Gasteiger partial charge >= 0.3 is 0 Å². The first-order valence-electron chi connectivity index (χ1n) is 6.62. The van der Waals surface area contributed by atoms with Crippen LogP contribution >= 0.6 is 22.6 Å². The lowest BCUT2D eigenvalue weighted by molar-refractivity contribution is 0.566. The van der Waals surface area contributed by atoms with E-state index in [2.05, 4.69) is 75.7 Å². The summed E-state index contributed by atoms with van der Waals surface area (Å²) in [5.41, 5.74) is 2.61. The van der Waals surface area contributed by atoms with E-state index in [1.54, 1.807) is 0 Å². The van der Waals surface area contributed by atoms with Crippen LogP contribution in [0.3, 0.4) is 0 Å². The molecule has 2 aromatic rings. The second-order valence-corrected chi connectivity index (χ2v) is 5.76. The summed E-state index contributed by atoms with van der Waals surface area (Å²) in [6.45, 7) is 5.35. The third-order valence-corrected chi connectivity index (χ3v) is 4.77. The molecule has 0 aliphatic heterocycles. The highest BCUT2D eigenvalue weighted by Crippen LogP contribution is 2.27. The first kappa shape index (κ1) is 14.5. The van der Waals surface area contributed by atoms with Gasteiger partial charge in [0, 0.05) is 22.5 Å². The van der Waals surface area contributed by atoms with Crippen molar-refractivity contribution < 1.29 is 0 Å². The SMILES string of the molecule is CCCn1ccnc1C(NC)c1cccc(C)c1I. The zero-order chi connectivity index (χ0) is 13.8. The van der Waals surface area contributed by atoms with Crippen LogP contribution in [-0.2, 0) is 6.54 Å². The largest absolute Gasteiger partial charge is 0.333 e. The Morgan fingerprint density at radius 2 is 2.21 bits per heavy atom. The Morgan fingerprint density at radius 3 is 2.89 bits per heavy atom. The second kappa shape index (κ2) is 6.52. The zero-order valence-corrected chi connectivity index (χ0v) is 13.8. The van der Waals surface area contributed by atoms with Crippen LogP contribution in [0.4, 0.5) is 0 Å². The van der Waals surface area contributed by atoms with E-state index in [0.29, 0.717) is 0 Å². The van der Waals surface area contributed by atoms with Crippen molar-refractivity contribution in [3.05, 3.63) is 51.1 Å². The van der Waals surface area contributed by atoms with Gasteiger partial charge in [-0.15, -0.1) is 0 Å². The molecule has 3 nitrogen and oxygen atoms in total. The average molecular weight is 369 g/mol. The lowest BCUT2D eigenvalue weighted by atomic mass is 10.0. The van der Waals surface area contributed by atoms with Gasteiger partial charge in [-0.3, -0.25) is 0 Å². The second-order valence-electron chi connectivity index (χ2n) is 4.68. The smallest absolute Gasteiger partial charge is 0.130 e. The molecule has 0 saturated carbocycles. The number of nitrogens with one attached hydrogen (secondary N) is 1. The van der Waals surface area contributed by atoms with Crippen molar-refractivity contribution in [1.82, 2.24) is 14.9 Å². The van der Waals surface area contributed by atoms with E-state index in [9.17, 15) is 0 Å². The Labute approximate surface area is 128 Å². The first-order chi connectivity index (χ1) is 9.19. The molecule has 1 heterocycles. The first-order valence-corrected chi connectivity index (χ1v) is 7.70. The fraction of sp³-hybridized carbons (Fsp3) is 0.400. The number of nitrogens with zero attached hydrogens (tertiary/aromatic N) is 2. The van der Waals surface area contributed by atoms with E-state index in [1.165, 1.54) is 14.7 Å². The number of rotatable bonds is 5. The molecule has 0 aliphatic carbocycles. The molecule has 1 N–H and O–H groups in total. The molecular weight excluding hydrogens is 349 g/mol. The van der Waals surface area contributed by atoms with Gasteiger partial charge in [-0.1, -0.05) is 25.1 Å². The molecule has 1 aromatic carbocycles. The maximum absolute atomic E-state index is 4.55. The number of benzene rings is 1. The Balaban J connectivity index is 2.44. The van der Waals surface area contributed by atoms with E-state index in [1.807, 2.05) is 13.2 Å². The molecule has 2 rings (SSSR count). The summed E-state index contributed by atoms with van der Waals surface area (Å²) in [4.78, 5) is 4.55. The van der Waals surface area contributed by atoms with Crippen molar-refractivity contribution in [2.75, 3.05) is 7.05 Å². The minimum Gasteiger partial charge on any atom is -0.333 e. The van der Waals surface area contributed by atoms with Crippen LogP contribution in [0.1, 0.15) is 36.3 Å². The average Bonchev–Trinajstić information content (AvgIpc) is 2.84. The Kier molecular flexibility index (Phi) is 4.99. The molecule has 0 radical (unpaired) electrons. The number of hydrogen-bond donors (Lipinski definition) is 1. The quantitative estimate of drug-likeness (QED) is 0.818. The summed E-state index contributed by atoms with van der Waals surface area (Å²) in [5, 5.41) is 3.40. The lowest BCUT2D eigenvalue weighted by Crippen LogP contribution is -2.23. The van der Waals surface area contributed by atoms with Crippen LogP contribution in [0.25, 0.3) is 0 Å². The highest BCUT2D eigenvalue weighted by atomic mass is 127. The van der Waals surface area contributed by atoms with Crippen LogP contribution in [0.15, 0.2) is 30.6 Å². The summed E-state index contributed by atoms with van der Waals surface area (Å²) in [5.74, 6) is 1.09. The van der Waals surface area contributed by atoms with Crippen LogP contribution in [0.2, 0.25) is 0 Å². The van der Waals surface area contributed by atoms with Gasteiger partial charge in [0.1, 0.15) is 5.82 Å². The summed E-state index contributed by atoms with van der Waals surface area (Å²) in [6, 6.07) is 6.59. The monoisotopic (exact) mass is 369 g/mol. The minimum absolute atomic E-state index is 0.147. The highest BCUT2D eigenvalue weighted by molar-refractivity contribution is 14.1. The lowest BCUT2D eigenvalue weighted by Gasteiger charge is -2.20. The number of halogens is 1. The molecule has 0 bridgehead atoms. The van der Waals surface area contributed by atoms with Gasteiger partial charge in [0.05, 0.1) is 6.04 Å². The van der Waals surface area contributed by atoms with E-state index in [4.69, 9.17) is 0 Å². The molecular formula is C15H20IN3. The molecule has 0 spiro atoms. The van der Waals surface area contributed by atoms with Crippen molar-refractivity contribution in [3.63, 3.8) is 0 Å². The minimum atomic E-state index is 0.147. The van der Waals surface area contributed by atoms with Crippen LogP contribution in [0, 0.1) is 10.5 Å². The molecule has 19 heavy (non-hydrogen) atoms. The van der Waals surface area contributed by atoms with Gasteiger partial charge in [-0.05, 0) is 54.1 Å². The number of aryl methyl sites for hydroxylation is 2. The zero-order valence-electron chi connectivity index (χ0n) is 11.7. The van der Waals surface area contributed by atoms with Gasteiger partial charge < -0.3 is 9.88 Å². The van der Waals surface area contributed by atoms with Gasteiger partial charge in [-0.25, -0.2) is 4.98 Å². The highest BCUT2D eigenvalue weighted by Gasteiger charge is 2.19.